The van der Waals surface area contributed by atoms with Gasteiger partial charge < -0.3 is 4.57 Å². The van der Waals surface area contributed by atoms with E-state index in [1.54, 1.807) is 6.07 Å². The summed E-state index contributed by atoms with van der Waals surface area (Å²) in [6.45, 7) is 3.79. The molecule has 7 heteroatoms. The van der Waals surface area contributed by atoms with Crippen molar-refractivity contribution >= 4 is 23.2 Å². The molecule has 0 aliphatic heterocycles. The van der Waals surface area contributed by atoms with Gasteiger partial charge in [-0.3, -0.25) is 20.4 Å². The quantitative estimate of drug-likeness (QED) is 0.706. The number of halogens is 1. The first kappa shape index (κ1) is 16.9. The maximum absolute atomic E-state index is 13.6. The molecule has 0 radical (unpaired) electrons. The van der Waals surface area contributed by atoms with Gasteiger partial charge in [-0.05, 0) is 43.7 Å². The number of hydrogen-bond donors (Lipinski definition) is 2. The minimum atomic E-state index is -0.710. The number of nitrogens with zero attached hydrogens (tertiary/aromatic N) is 1. The lowest BCUT2D eigenvalue weighted by Crippen LogP contribution is -2.42. The fourth-order valence-corrected chi connectivity index (χ4v) is 3.54. The van der Waals surface area contributed by atoms with Crippen molar-refractivity contribution < 1.29 is 14.0 Å². The number of aryl methyl sites for hydroxylation is 1. The molecule has 2 heterocycles. The zero-order valence-corrected chi connectivity index (χ0v) is 14.5. The van der Waals surface area contributed by atoms with Gasteiger partial charge in [0.05, 0.1) is 11.1 Å². The van der Waals surface area contributed by atoms with Crippen LogP contribution in [-0.2, 0) is 0 Å². The first-order chi connectivity index (χ1) is 12.0. The van der Waals surface area contributed by atoms with Gasteiger partial charge in [-0.2, -0.15) is 0 Å². The summed E-state index contributed by atoms with van der Waals surface area (Å²) in [6.07, 6.45) is 3.69. The molecular weight excluding hydrogens is 341 g/mol. The number of rotatable bonds is 3. The zero-order valence-electron chi connectivity index (χ0n) is 13.7. The van der Waals surface area contributed by atoms with Gasteiger partial charge in [0.1, 0.15) is 10.8 Å². The maximum Gasteiger partial charge on any atom is 0.272 e. The molecule has 5 nitrogen and oxygen atoms in total. The predicted octanol–water partition coefficient (Wildman–Crippen LogP) is 3.37. The average molecular weight is 357 g/mol. The molecule has 0 spiro atoms. The Labute approximate surface area is 148 Å². The molecule has 3 aromatic rings. The number of amides is 2. The van der Waals surface area contributed by atoms with Gasteiger partial charge in [-0.25, -0.2) is 4.39 Å². The SMILES string of the molecule is Cc1sc(-n2cccc2)c(C(=O)NNC(=O)c2ccccc2F)c1C. The lowest BCUT2D eigenvalue weighted by molar-refractivity contribution is 0.0844. The molecule has 0 saturated heterocycles. The fraction of sp³-hybridized carbons (Fsp3) is 0.111. The second kappa shape index (κ2) is 6.90. The average Bonchev–Trinajstić information content (AvgIpc) is 3.22. The van der Waals surface area contributed by atoms with Gasteiger partial charge in [0.15, 0.2) is 0 Å². The van der Waals surface area contributed by atoms with Crippen molar-refractivity contribution in [3.63, 3.8) is 0 Å². The molecule has 0 aliphatic carbocycles. The summed E-state index contributed by atoms with van der Waals surface area (Å²) < 4.78 is 15.5. The van der Waals surface area contributed by atoms with Crippen molar-refractivity contribution in [3.05, 3.63) is 76.2 Å². The van der Waals surface area contributed by atoms with Gasteiger partial charge in [0.2, 0.25) is 0 Å². The molecule has 0 atom stereocenters. The molecule has 2 amide bonds. The van der Waals surface area contributed by atoms with Gasteiger partial charge in [-0.1, -0.05) is 12.1 Å². The van der Waals surface area contributed by atoms with Crippen molar-refractivity contribution in [1.29, 1.82) is 0 Å². The third kappa shape index (κ3) is 3.32. The van der Waals surface area contributed by atoms with E-state index in [2.05, 4.69) is 10.9 Å². The highest BCUT2D eigenvalue weighted by atomic mass is 32.1. The molecule has 0 bridgehead atoms. The summed E-state index contributed by atoms with van der Waals surface area (Å²) >= 11 is 1.49. The Kier molecular flexibility index (Phi) is 4.67. The van der Waals surface area contributed by atoms with Crippen LogP contribution in [0.5, 0.6) is 0 Å². The normalized spacial score (nSPS) is 10.5. The van der Waals surface area contributed by atoms with E-state index < -0.39 is 17.6 Å². The highest BCUT2D eigenvalue weighted by Gasteiger charge is 2.21. The van der Waals surface area contributed by atoms with Gasteiger partial charge in [0.25, 0.3) is 11.8 Å². The van der Waals surface area contributed by atoms with E-state index in [1.807, 2.05) is 42.9 Å². The van der Waals surface area contributed by atoms with Gasteiger partial charge in [-0.15, -0.1) is 11.3 Å². The molecule has 25 heavy (non-hydrogen) atoms. The maximum atomic E-state index is 13.6. The fourth-order valence-electron chi connectivity index (χ4n) is 2.42. The Balaban J connectivity index is 1.81. The summed E-state index contributed by atoms with van der Waals surface area (Å²) in [5.74, 6) is -1.81. The van der Waals surface area contributed by atoms with Crippen LogP contribution in [0.3, 0.4) is 0 Å². The minimum Gasteiger partial charge on any atom is -0.315 e. The van der Waals surface area contributed by atoms with E-state index in [0.29, 0.717) is 5.56 Å². The van der Waals surface area contributed by atoms with Crippen molar-refractivity contribution in [2.45, 2.75) is 13.8 Å². The molecular formula is C18H16FN3O2S. The monoisotopic (exact) mass is 357 g/mol. The number of thiophene rings is 1. The Morgan fingerprint density at radius 1 is 1.00 bits per heavy atom. The molecule has 0 aliphatic rings. The van der Waals surface area contributed by atoms with Crippen LogP contribution in [0.1, 0.15) is 31.2 Å². The molecule has 2 aromatic heterocycles. The topological polar surface area (TPSA) is 63.1 Å². The summed E-state index contributed by atoms with van der Waals surface area (Å²) in [7, 11) is 0. The van der Waals surface area contributed by atoms with Crippen molar-refractivity contribution in [3.8, 4) is 5.00 Å². The smallest absolute Gasteiger partial charge is 0.272 e. The van der Waals surface area contributed by atoms with Crippen LogP contribution in [0.15, 0.2) is 48.8 Å². The Bertz CT molecular complexity index is 932. The van der Waals surface area contributed by atoms with E-state index in [1.165, 1.54) is 29.5 Å². The number of hydrogen-bond acceptors (Lipinski definition) is 3. The Morgan fingerprint density at radius 3 is 2.32 bits per heavy atom. The van der Waals surface area contributed by atoms with Crippen LogP contribution < -0.4 is 10.9 Å². The largest absolute Gasteiger partial charge is 0.315 e. The molecule has 0 saturated carbocycles. The minimum absolute atomic E-state index is 0.133. The lowest BCUT2D eigenvalue weighted by Gasteiger charge is -2.10. The lowest BCUT2D eigenvalue weighted by atomic mass is 10.1. The van der Waals surface area contributed by atoms with Crippen LogP contribution in [0, 0.1) is 19.7 Å². The number of hydrazine groups is 1. The van der Waals surface area contributed by atoms with Crippen LogP contribution >= 0.6 is 11.3 Å². The van der Waals surface area contributed by atoms with Crippen LogP contribution in [0.4, 0.5) is 4.39 Å². The number of carbonyl (C=O) groups excluding carboxylic acids is 2. The number of carbonyl (C=O) groups is 2. The van der Waals surface area contributed by atoms with Crippen LogP contribution in [0.2, 0.25) is 0 Å². The van der Waals surface area contributed by atoms with Crippen LogP contribution in [-0.4, -0.2) is 16.4 Å². The Morgan fingerprint density at radius 2 is 1.64 bits per heavy atom. The highest BCUT2D eigenvalue weighted by Crippen LogP contribution is 2.30. The summed E-state index contributed by atoms with van der Waals surface area (Å²) in [6, 6.07) is 9.31. The number of nitrogens with one attached hydrogen (secondary N) is 2. The number of benzene rings is 1. The predicted molar refractivity (Wildman–Crippen MR) is 94.5 cm³/mol. The van der Waals surface area contributed by atoms with E-state index in [0.717, 1.165) is 15.4 Å². The first-order valence-corrected chi connectivity index (χ1v) is 8.39. The highest BCUT2D eigenvalue weighted by molar-refractivity contribution is 7.15. The molecule has 0 unspecified atom stereocenters. The van der Waals surface area contributed by atoms with E-state index in [4.69, 9.17) is 0 Å². The third-order valence-corrected chi connectivity index (χ3v) is 5.06. The Hall–Kier alpha value is -2.93. The third-order valence-electron chi connectivity index (χ3n) is 3.84. The molecule has 1 aromatic carbocycles. The first-order valence-electron chi connectivity index (χ1n) is 7.57. The van der Waals surface area contributed by atoms with Crippen molar-refractivity contribution in [2.75, 3.05) is 0 Å². The van der Waals surface area contributed by atoms with E-state index in [9.17, 15) is 14.0 Å². The second-order valence-electron chi connectivity index (χ2n) is 5.44. The van der Waals surface area contributed by atoms with E-state index >= 15 is 0 Å². The molecule has 2 N–H and O–H groups in total. The van der Waals surface area contributed by atoms with Crippen molar-refractivity contribution in [2.24, 2.45) is 0 Å². The zero-order chi connectivity index (χ0) is 18.0. The molecule has 128 valence electrons. The molecule has 3 rings (SSSR count). The van der Waals surface area contributed by atoms with Gasteiger partial charge in [0, 0.05) is 17.3 Å². The van der Waals surface area contributed by atoms with Crippen LogP contribution in [0.25, 0.3) is 5.00 Å². The summed E-state index contributed by atoms with van der Waals surface area (Å²) in [4.78, 5) is 25.6. The standard InChI is InChI=1S/C18H16FN3O2S/c1-11-12(2)25-18(22-9-5-6-10-22)15(11)17(24)21-20-16(23)13-7-3-4-8-14(13)19/h3-10H,1-2H3,(H,20,23)(H,21,24). The summed E-state index contributed by atoms with van der Waals surface area (Å²) in [5, 5.41) is 0.762. The summed E-state index contributed by atoms with van der Waals surface area (Å²) in [5.41, 5.74) is 5.82. The van der Waals surface area contributed by atoms with Gasteiger partial charge >= 0.3 is 0 Å². The number of aromatic nitrogens is 1. The second-order valence-corrected chi connectivity index (χ2v) is 6.65. The van der Waals surface area contributed by atoms with E-state index in [-0.39, 0.29) is 5.56 Å². The van der Waals surface area contributed by atoms with Crippen molar-refractivity contribution in [1.82, 2.24) is 15.4 Å². The molecule has 0 fully saturated rings.